The van der Waals surface area contributed by atoms with Gasteiger partial charge in [0.25, 0.3) is 0 Å². The van der Waals surface area contributed by atoms with E-state index in [1.165, 1.54) is 0 Å². The van der Waals surface area contributed by atoms with Crippen LogP contribution in [-0.4, -0.2) is 16.5 Å². The highest BCUT2D eigenvalue weighted by molar-refractivity contribution is 7.18. The molecule has 4 heteroatoms. The Hall–Kier alpha value is -1.42. The number of rotatable bonds is 3. The van der Waals surface area contributed by atoms with Gasteiger partial charge in [0.2, 0.25) is 0 Å². The lowest BCUT2D eigenvalue weighted by molar-refractivity contribution is 1.22. The molecule has 1 N–H and O–H groups in total. The Morgan fingerprint density at radius 1 is 1.31 bits per heavy atom. The van der Waals surface area contributed by atoms with E-state index in [-0.39, 0.29) is 0 Å². The van der Waals surface area contributed by atoms with E-state index in [0.29, 0.717) is 0 Å². The van der Waals surface area contributed by atoms with Gasteiger partial charge < -0.3 is 5.32 Å². The van der Waals surface area contributed by atoms with E-state index in [4.69, 9.17) is 0 Å². The number of thiazole rings is 1. The molecule has 0 atom stereocenters. The first-order valence-electron chi connectivity index (χ1n) is 5.50. The second-order valence-electron chi connectivity index (χ2n) is 2.80. The van der Waals surface area contributed by atoms with Crippen molar-refractivity contribution >= 4 is 16.3 Å². The van der Waals surface area contributed by atoms with E-state index in [0.717, 1.165) is 22.1 Å². The highest BCUT2D eigenvalue weighted by Gasteiger charge is 2.02. The summed E-state index contributed by atoms with van der Waals surface area (Å²) in [6, 6.07) is 3.94. The van der Waals surface area contributed by atoms with Gasteiger partial charge in [-0.15, -0.1) is 0 Å². The Balaban J connectivity index is 0.000000606. The predicted octanol–water partition coefficient (Wildman–Crippen LogP) is 3.66. The molecule has 0 saturated carbocycles. The van der Waals surface area contributed by atoms with Crippen LogP contribution in [0.1, 0.15) is 20.8 Å². The van der Waals surface area contributed by atoms with E-state index >= 15 is 0 Å². The zero-order valence-electron chi connectivity index (χ0n) is 9.90. The largest absolute Gasteiger partial charge is 0.376 e. The van der Waals surface area contributed by atoms with Crippen molar-refractivity contribution in [1.82, 2.24) is 9.97 Å². The molecule has 0 aliphatic carbocycles. The zero-order valence-corrected chi connectivity index (χ0v) is 10.7. The summed E-state index contributed by atoms with van der Waals surface area (Å²) >= 11 is 1.65. The summed E-state index contributed by atoms with van der Waals surface area (Å²) in [7, 11) is 0. The van der Waals surface area contributed by atoms with Crippen molar-refractivity contribution in [3.63, 3.8) is 0 Å². The Kier molecular flexibility index (Phi) is 5.50. The number of hydrogen-bond donors (Lipinski definition) is 1. The van der Waals surface area contributed by atoms with Crippen molar-refractivity contribution in [3.8, 4) is 10.6 Å². The third-order valence-corrected chi connectivity index (χ3v) is 2.77. The number of hydrogen-bond acceptors (Lipinski definition) is 4. The van der Waals surface area contributed by atoms with Gasteiger partial charge in [-0.3, -0.25) is 4.98 Å². The summed E-state index contributed by atoms with van der Waals surface area (Å²) in [5, 5.41) is 5.34. The third kappa shape index (κ3) is 3.31. The van der Waals surface area contributed by atoms with Crippen LogP contribution < -0.4 is 5.32 Å². The zero-order chi connectivity index (χ0) is 11.8. The third-order valence-electron chi connectivity index (χ3n) is 1.77. The Labute approximate surface area is 101 Å². The summed E-state index contributed by atoms with van der Waals surface area (Å²) < 4.78 is 0. The van der Waals surface area contributed by atoms with E-state index in [2.05, 4.69) is 22.2 Å². The van der Waals surface area contributed by atoms with Gasteiger partial charge in [-0.2, -0.15) is 0 Å². The van der Waals surface area contributed by atoms with Gasteiger partial charge in [-0.25, -0.2) is 4.98 Å². The molecule has 0 spiro atoms. The van der Waals surface area contributed by atoms with Crippen molar-refractivity contribution in [2.45, 2.75) is 20.8 Å². The lowest BCUT2D eigenvalue weighted by Gasteiger charge is -1.94. The molecule has 2 aromatic rings. The quantitative estimate of drug-likeness (QED) is 0.882. The monoisotopic (exact) mass is 235 g/mol. The van der Waals surface area contributed by atoms with E-state index in [9.17, 15) is 0 Å². The maximum Gasteiger partial charge on any atom is 0.126 e. The van der Waals surface area contributed by atoms with E-state index in [1.54, 1.807) is 17.5 Å². The first kappa shape index (κ1) is 12.6. The fourth-order valence-electron chi connectivity index (χ4n) is 1.15. The molecule has 16 heavy (non-hydrogen) atoms. The Morgan fingerprint density at radius 2 is 2.12 bits per heavy atom. The number of nitrogens with zero attached hydrogens (tertiary/aromatic N) is 2. The van der Waals surface area contributed by atoms with Crippen LogP contribution >= 0.6 is 11.3 Å². The first-order valence-corrected chi connectivity index (χ1v) is 6.32. The smallest absolute Gasteiger partial charge is 0.126 e. The van der Waals surface area contributed by atoms with Gasteiger partial charge in [0, 0.05) is 24.5 Å². The summed E-state index contributed by atoms with van der Waals surface area (Å²) in [5.74, 6) is 0. The van der Waals surface area contributed by atoms with Crippen LogP contribution in [-0.2, 0) is 0 Å². The molecule has 3 nitrogen and oxygen atoms in total. The molecule has 0 unspecified atom stereocenters. The molecule has 0 saturated heterocycles. The van der Waals surface area contributed by atoms with Crippen LogP contribution in [0.15, 0.2) is 30.7 Å². The van der Waals surface area contributed by atoms with Gasteiger partial charge in [0.1, 0.15) is 10.0 Å². The molecule has 0 bridgehead atoms. The van der Waals surface area contributed by atoms with Crippen molar-refractivity contribution < 1.29 is 0 Å². The molecule has 2 rings (SSSR count). The summed E-state index contributed by atoms with van der Waals surface area (Å²) in [5.41, 5.74) is 1.07. The molecule has 0 aliphatic heterocycles. The molecular formula is C12H17N3S. The number of aromatic nitrogens is 2. The van der Waals surface area contributed by atoms with Crippen LogP contribution in [0.3, 0.4) is 0 Å². The molecule has 0 aliphatic rings. The number of anilines is 1. The number of pyridine rings is 1. The highest BCUT2D eigenvalue weighted by atomic mass is 32.1. The molecule has 0 fully saturated rings. The fourth-order valence-corrected chi connectivity index (χ4v) is 2.03. The summed E-state index contributed by atoms with van der Waals surface area (Å²) in [4.78, 5) is 8.38. The van der Waals surface area contributed by atoms with Crippen LogP contribution in [0.4, 0.5) is 5.00 Å². The maximum absolute atomic E-state index is 4.32. The van der Waals surface area contributed by atoms with Gasteiger partial charge in [-0.1, -0.05) is 25.2 Å². The SMILES string of the molecule is CC.CCNc1cnc(-c2cccnc2)s1. The minimum Gasteiger partial charge on any atom is -0.376 e. The van der Waals surface area contributed by atoms with E-state index < -0.39 is 0 Å². The van der Waals surface area contributed by atoms with Crippen LogP contribution in [0.25, 0.3) is 10.6 Å². The topological polar surface area (TPSA) is 37.8 Å². The standard InChI is InChI=1S/C10H11N3S.C2H6/c1-2-12-9-7-13-10(14-9)8-4-3-5-11-6-8;1-2/h3-7,12H,2H2,1H3;1-2H3. The maximum atomic E-state index is 4.32. The van der Waals surface area contributed by atoms with Crippen LogP contribution in [0.5, 0.6) is 0 Å². The molecule has 86 valence electrons. The second kappa shape index (κ2) is 6.95. The van der Waals surface area contributed by atoms with Crippen molar-refractivity contribution in [2.24, 2.45) is 0 Å². The summed E-state index contributed by atoms with van der Waals surface area (Å²) in [6.07, 6.45) is 5.45. The van der Waals surface area contributed by atoms with Gasteiger partial charge >= 0.3 is 0 Å². The molecule has 0 aromatic carbocycles. The Bertz CT molecular complexity index is 398. The number of nitrogens with one attached hydrogen (secondary N) is 1. The average molecular weight is 235 g/mol. The normalized spacial score (nSPS) is 9.19. The second-order valence-corrected chi connectivity index (χ2v) is 3.83. The molecular weight excluding hydrogens is 218 g/mol. The molecule has 0 radical (unpaired) electrons. The fraction of sp³-hybridized carbons (Fsp3) is 0.333. The van der Waals surface area contributed by atoms with Crippen LogP contribution in [0, 0.1) is 0 Å². The van der Waals surface area contributed by atoms with Crippen molar-refractivity contribution in [3.05, 3.63) is 30.7 Å². The molecule has 0 amide bonds. The lowest BCUT2D eigenvalue weighted by Crippen LogP contribution is -1.92. The first-order chi connectivity index (χ1) is 7.90. The predicted molar refractivity (Wildman–Crippen MR) is 70.9 cm³/mol. The Morgan fingerprint density at radius 3 is 2.75 bits per heavy atom. The van der Waals surface area contributed by atoms with Gasteiger partial charge in [0.15, 0.2) is 0 Å². The van der Waals surface area contributed by atoms with Crippen molar-refractivity contribution in [1.29, 1.82) is 0 Å². The van der Waals surface area contributed by atoms with Crippen molar-refractivity contribution in [2.75, 3.05) is 11.9 Å². The van der Waals surface area contributed by atoms with E-state index in [1.807, 2.05) is 38.4 Å². The lowest BCUT2D eigenvalue weighted by atomic mass is 10.3. The average Bonchev–Trinajstić information content (AvgIpc) is 2.82. The molecule has 2 heterocycles. The minimum atomic E-state index is 0.925. The summed E-state index contributed by atoms with van der Waals surface area (Å²) in [6.45, 7) is 7.00. The van der Waals surface area contributed by atoms with Gasteiger partial charge in [0.05, 0.1) is 6.20 Å². The minimum absolute atomic E-state index is 0.925. The van der Waals surface area contributed by atoms with Crippen LogP contribution in [0.2, 0.25) is 0 Å². The highest BCUT2D eigenvalue weighted by Crippen LogP contribution is 2.27. The van der Waals surface area contributed by atoms with Gasteiger partial charge in [-0.05, 0) is 19.1 Å². The molecule has 2 aromatic heterocycles.